The first kappa shape index (κ1) is 23.9. The van der Waals surface area contributed by atoms with E-state index in [1.165, 1.54) is 0 Å². The monoisotopic (exact) mass is 408 g/mol. The lowest BCUT2D eigenvalue weighted by atomic mass is 10.1. The van der Waals surface area contributed by atoms with Crippen molar-refractivity contribution in [2.75, 3.05) is 6.61 Å². The first-order valence-corrected chi connectivity index (χ1v) is 9.22. The number of rotatable bonds is 9. The molecule has 160 valence electrons. The SMILES string of the molecule is CCOC(=O)C[C@H](NC(=O)OCc1ccccc1)[C@@H](C=O)NC(=O)OC(C)(C)C. The summed E-state index contributed by atoms with van der Waals surface area (Å²) in [5, 5.41) is 4.77. The highest BCUT2D eigenvalue weighted by Crippen LogP contribution is 2.09. The van der Waals surface area contributed by atoms with E-state index in [4.69, 9.17) is 14.2 Å². The number of ether oxygens (including phenoxy) is 3. The summed E-state index contributed by atoms with van der Waals surface area (Å²) >= 11 is 0. The summed E-state index contributed by atoms with van der Waals surface area (Å²) in [7, 11) is 0. The molecule has 0 aliphatic carbocycles. The van der Waals surface area contributed by atoms with Gasteiger partial charge in [0.05, 0.1) is 19.1 Å². The lowest BCUT2D eigenvalue weighted by Gasteiger charge is -2.26. The van der Waals surface area contributed by atoms with Crippen molar-refractivity contribution in [3.8, 4) is 0 Å². The summed E-state index contributed by atoms with van der Waals surface area (Å²) in [6.07, 6.45) is -1.64. The molecule has 0 aliphatic rings. The lowest BCUT2D eigenvalue weighted by molar-refractivity contribution is -0.143. The summed E-state index contributed by atoms with van der Waals surface area (Å²) in [5.74, 6) is -0.640. The molecule has 1 rings (SSSR count). The van der Waals surface area contributed by atoms with Crippen molar-refractivity contribution in [1.82, 2.24) is 10.6 Å². The predicted molar refractivity (Wildman–Crippen MR) is 104 cm³/mol. The van der Waals surface area contributed by atoms with E-state index in [9.17, 15) is 19.2 Å². The van der Waals surface area contributed by atoms with Crippen LogP contribution in [0.1, 0.15) is 39.7 Å². The molecule has 0 fully saturated rings. The second kappa shape index (κ2) is 11.7. The molecule has 0 heterocycles. The molecule has 0 unspecified atom stereocenters. The van der Waals surface area contributed by atoms with Crippen LogP contribution in [0.2, 0.25) is 0 Å². The number of hydrogen-bond donors (Lipinski definition) is 2. The molecule has 0 aliphatic heterocycles. The number of alkyl carbamates (subject to hydrolysis) is 2. The molecule has 2 atom stereocenters. The Morgan fingerprint density at radius 3 is 2.24 bits per heavy atom. The van der Waals surface area contributed by atoms with Gasteiger partial charge in [-0.05, 0) is 33.3 Å². The normalized spacial score (nSPS) is 12.8. The van der Waals surface area contributed by atoms with Crippen LogP contribution in [0, 0.1) is 0 Å². The zero-order valence-electron chi connectivity index (χ0n) is 17.1. The van der Waals surface area contributed by atoms with E-state index in [1.807, 2.05) is 6.07 Å². The van der Waals surface area contributed by atoms with Gasteiger partial charge in [-0.1, -0.05) is 30.3 Å². The van der Waals surface area contributed by atoms with Gasteiger partial charge in [0.25, 0.3) is 0 Å². The fraction of sp³-hybridized carbons (Fsp3) is 0.500. The van der Waals surface area contributed by atoms with Gasteiger partial charge in [0.15, 0.2) is 0 Å². The van der Waals surface area contributed by atoms with E-state index in [0.717, 1.165) is 5.56 Å². The summed E-state index contributed by atoms with van der Waals surface area (Å²) in [6.45, 7) is 6.76. The van der Waals surface area contributed by atoms with Crippen LogP contribution in [0.15, 0.2) is 30.3 Å². The Kier molecular flexibility index (Phi) is 9.64. The molecule has 0 radical (unpaired) electrons. The van der Waals surface area contributed by atoms with Gasteiger partial charge in [0.1, 0.15) is 24.5 Å². The van der Waals surface area contributed by atoms with Gasteiger partial charge in [0.2, 0.25) is 0 Å². The maximum absolute atomic E-state index is 12.2. The van der Waals surface area contributed by atoms with Crippen LogP contribution in [-0.4, -0.2) is 48.7 Å². The minimum atomic E-state index is -1.22. The molecule has 0 spiro atoms. The molecule has 1 aromatic rings. The third kappa shape index (κ3) is 10.1. The van der Waals surface area contributed by atoms with Crippen molar-refractivity contribution in [3.05, 3.63) is 35.9 Å². The number of aldehydes is 1. The number of carbonyl (C=O) groups is 4. The summed E-state index contributed by atoms with van der Waals surface area (Å²) < 4.78 is 15.1. The average molecular weight is 408 g/mol. The Labute approximate surface area is 170 Å². The third-order valence-corrected chi connectivity index (χ3v) is 3.47. The van der Waals surface area contributed by atoms with Crippen molar-refractivity contribution in [1.29, 1.82) is 0 Å². The highest BCUT2D eigenvalue weighted by molar-refractivity contribution is 5.78. The largest absolute Gasteiger partial charge is 0.466 e. The molecular weight excluding hydrogens is 380 g/mol. The molecule has 2 N–H and O–H groups in total. The van der Waals surface area contributed by atoms with E-state index in [-0.39, 0.29) is 19.6 Å². The third-order valence-electron chi connectivity index (χ3n) is 3.47. The van der Waals surface area contributed by atoms with E-state index in [2.05, 4.69) is 10.6 Å². The zero-order chi connectivity index (χ0) is 21.9. The second-order valence-corrected chi connectivity index (χ2v) is 7.13. The number of nitrogens with one attached hydrogen (secondary N) is 2. The van der Waals surface area contributed by atoms with Crippen LogP contribution in [0.25, 0.3) is 0 Å². The Balaban J connectivity index is 2.78. The molecule has 0 aromatic heterocycles. The van der Waals surface area contributed by atoms with Gasteiger partial charge in [-0.3, -0.25) is 4.79 Å². The number of carbonyl (C=O) groups excluding carboxylic acids is 4. The van der Waals surface area contributed by atoms with Crippen molar-refractivity contribution in [2.24, 2.45) is 0 Å². The van der Waals surface area contributed by atoms with Crippen LogP contribution >= 0.6 is 0 Å². The second-order valence-electron chi connectivity index (χ2n) is 7.13. The maximum Gasteiger partial charge on any atom is 0.408 e. The number of hydrogen-bond acceptors (Lipinski definition) is 7. The highest BCUT2D eigenvalue weighted by atomic mass is 16.6. The molecular formula is C20H28N2O7. The van der Waals surface area contributed by atoms with Crippen molar-refractivity contribution in [2.45, 2.75) is 58.4 Å². The van der Waals surface area contributed by atoms with Crippen LogP contribution < -0.4 is 10.6 Å². The van der Waals surface area contributed by atoms with Crippen molar-refractivity contribution in [3.63, 3.8) is 0 Å². The maximum atomic E-state index is 12.2. The molecule has 9 nitrogen and oxygen atoms in total. The van der Waals surface area contributed by atoms with E-state index >= 15 is 0 Å². The van der Waals surface area contributed by atoms with Crippen LogP contribution in [0.4, 0.5) is 9.59 Å². The summed E-state index contributed by atoms with van der Waals surface area (Å²) in [5.41, 5.74) is -0.0145. The topological polar surface area (TPSA) is 120 Å². The van der Waals surface area contributed by atoms with Crippen LogP contribution in [0.3, 0.4) is 0 Å². The van der Waals surface area contributed by atoms with Crippen molar-refractivity contribution >= 4 is 24.4 Å². The number of benzene rings is 1. The predicted octanol–water partition coefficient (Wildman–Crippen LogP) is 2.33. The van der Waals surface area contributed by atoms with E-state index < -0.39 is 35.8 Å². The van der Waals surface area contributed by atoms with Gasteiger partial charge in [-0.15, -0.1) is 0 Å². The van der Waals surface area contributed by atoms with Gasteiger partial charge in [-0.25, -0.2) is 9.59 Å². The first-order chi connectivity index (χ1) is 13.6. The Morgan fingerprint density at radius 1 is 1.03 bits per heavy atom. The number of amides is 2. The van der Waals surface area contributed by atoms with Crippen molar-refractivity contribution < 1.29 is 33.4 Å². The Morgan fingerprint density at radius 2 is 1.69 bits per heavy atom. The van der Waals surface area contributed by atoms with Crippen LogP contribution in [-0.2, 0) is 30.4 Å². The molecule has 1 aromatic carbocycles. The Hall–Kier alpha value is -3.10. The molecule has 2 amide bonds. The quantitative estimate of drug-likeness (QED) is 0.365. The fourth-order valence-corrected chi connectivity index (χ4v) is 2.26. The van der Waals surface area contributed by atoms with Gasteiger partial charge < -0.3 is 29.6 Å². The number of esters is 1. The van der Waals surface area contributed by atoms with Gasteiger partial charge in [-0.2, -0.15) is 0 Å². The first-order valence-electron chi connectivity index (χ1n) is 9.22. The molecule has 29 heavy (non-hydrogen) atoms. The van der Waals surface area contributed by atoms with Gasteiger partial charge >= 0.3 is 18.2 Å². The zero-order valence-corrected chi connectivity index (χ0v) is 17.1. The van der Waals surface area contributed by atoms with Gasteiger partial charge in [0, 0.05) is 0 Å². The molecule has 0 saturated carbocycles. The van der Waals surface area contributed by atoms with Crippen LogP contribution in [0.5, 0.6) is 0 Å². The standard InChI is InChI=1S/C20H28N2O7/c1-5-27-17(24)11-15(16(12-23)22-19(26)29-20(2,3)4)21-18(25)28-13-14-9-7-6-8-10-14/h6-10,12,15-16H,5,11,13H2,1-4H3,(H,21,25)(H,22,26)/t15-,16+/m0/s1. The Bertz CT molecular complexity index is 686. The smallest absolute Gasteiger partial charge is 0.408 e. The summed E-state index contributed by atoms with van der Waals surface area (Å²) in [4.78, 5) is 47.6. The highest BCUT2D eigenvalue weighted by Gasteiger charge is 2.29. The fourth-order valence-electron chi connectivity index (χ4n) is 2.26. The lowest BCUT2D eigenvalue weighted by Crippen LogP contribution is -2.54. The molecule has 9 heteroatoms. The van der Waals surface area contributed by atoms with E-state index in [1.54, 1.807) is 52.0 Å². The molecule has 0 saturated heterocycles. The minimum absolute atomic E-state index is 0.00402. The molecule has 0 bridgehead atoms. The van der Waals surface area contributed by atoms with E-state index in [0.29, 0.717) is 6.29 Å². The summed E-state index contributed by atoms with van der Waals surface area (Å²) in [6, 6.07) is 6.68. The minimum Gasteiger partial charge on any atom is -0.466 e. The average Bonchev–Trinajstić information content (AvgIpc) is 2.63.